The third-order valence-corrected chi connectivity index (χ3v) is 6.49. The third kappa shape index (κ3) is 5.55. The zero-order valence-corrected chi connectivity index (χ0v) is 20.6. The van der Waals surface area contributed by atoms with Crippen LogP contribution in [0.1, 0.15) is 36.6 Å². The maximum absolute atomic E-state index is 13.2. The Hall–Kier alpha value is -3.23. The lowest BCUT2D eigenvalue weighted by Crippen LogP contribution is -3.14. The number of ether oxygens (including phenoxy) is 2. The van der Waals surface area contributed by atoms with Crippen molar-refractivity contribution in [2.45, 2.75) is 26.8 Å². The molecule has 1 unspecified atom stereocenters. The zero-order chi connectivity index (χ0) is 24.9. The normalized spacial score (nSPS) is 20.6. The summed E-state index contributed by atoms with van der Waals surface area (Å²) in [6.45, 7) is 10.9. The molecule has 1 amide bonds. The van der Waals surface area contributed by atoms with Gasteiger partial charge in [-0.1, -0.05) is 13.8 Å². The molecule has 0 aliphatic carbocycles. The molecule has 1 aromatic heterocycles. The molecule has 8 nitrogen and oxygen atoms in total. The van der Waals surface area contributed by atoms with Crippen molar-refractivity contribution in [3.8, 4) is 5.75 Å². The van der Waals surface area contributed by atoms with Gasteiger partial charge in [-0.15, -0.1) is 0 Å². The number of morpholine rings is 1. The number of aliphatic hydroxyl groups excluding tert-OH is 1. The van der Waals surface area contributed by atoms with Crippen LogP contribution in [-0.4, -0.2) is 72.7 Å². The molecule has 0 saturated carbocycles. The maximum Gasteiger partial charge on any atom is 0.295 e. The molecule has 2 N–H and O–H groups in total. The van der Waals surface area contributed by atoms with Crippen molar-refractivity contribution < 1.29 is 29.1 Å². The Labute approximate surface area is 206 Å². The van der Waals surface area contributed by atoms with E-state index in [4.69, 9.17) is 9.47 Å². The first kappa shape index (κ1) is 24.9. The van der Waals surface area contributed by atoms with Gasteiger partial charge in [0.2, 0.25) is 0 Å². The van der Waals surface area contributed by atoms with Crippen LogP contribution in [0, 0.1) is 12.8 Å². The van der Waals surface area contributed by atoms with Gasteiger partial charge in [-0.25, -0.2) is 0 Å². The first-order valence-electron chi connectivity index (χ1n) is 12.2. The number of quaternary nitrogens is 1. The molecule has 0 bridgehead atoms. The number of rotatable bonds is 8. The molecule has 1 atom stereocenters. The van der Waals surface area contributed by atoms with E-state index in [1.54, 1.807) is 47.6 Å². The fraction of sp³-hybridized carbons (Fsp3) is 0.444. The second kappa shape index (κ2) is 11.0. The summed E-state index contributed by atoms with van der Waals surface area (Å²) in [4.78, 5) is 33.4. The Balaban J connectivity index is 1.67. The van der Waals surface area contributed by atoms with Crippen LogP contribution in [0.3, 0.4) is 0 Å². The van der Waals surface area contributed by atoms with Gasteiger partial charge in [0.15, 0.2) is 0 Å². The van der Waals surface area contributed by atoms with Gasteiger partial charge in [0, 0.05) is 18.0 Å². The number of aliphatic hydroxyl groups is 1. The Morgan fingerprint density at radius 2 is 1.91 bits per heavy atom. The molecule has 2 aromatic rings. The number of aryl methyl sites for hydroxylation is 1. The monoisotopic (exact) mass is 480 g/mol. The van der Waals surface area contributed by atoms with Gasteiger partial charge in [0.1, 0.15) is 24.6 Å². The van der Waals surface area contributed by atoms with Gasteiger partial charge < -0.3 is 24.4 Å². The summed E-state index contributed by atoms with van der Waals surface area (Å²) in [7, 11) is 0. The highest BCUT2D eigenvalue weighted by molar-refractivity contribution is 6.46. The van der Waals surface area contributed by atoms with E-state index in [2.05, 4.69) is 18.8 Å². The Morgan fingerprint density at radius 1 is 1.20 bits per heavy atom. The van der Waals surface area contributed by atoms with E-state index >= 15 is 0 Å². The van der Waals surface area contributed by atoms with Crippen molar-refractivity contribution in [1.82, 2.24) is 9.88 Å². The molecule has 35 heavy (non-hydrogen) atoms. The average Bonchev–Trinajstić information content (AvgIpc) is 3.12. The van der Waals surface area contributed by atoms with Gasteiger partial charge in [-0.3, -0.25) is 14.6 Å². The predicted octanol–water partition coefficient (Wildman–Crippen LogP) is 1.76. The van der Waals surface area contributed by atoms with E-state index in [0.29, 0.717) is 44.4 Å². The zero-order valence-electron chi connectivity index (χ0n) is 20.6. The molecule has 2 aliphatic rings. The van der Waals surface area contributed by atoms with Crippen LogP contribution >= 0.6 is 0 Å². The lowest BCUT2D eigenvalue weighted by Gasteiger charge is -2.29. The standard InChI is InChI=1S/C27H33N3O5/c1-18(2)17-35-22-5-4-21(16-19(22)3)25(31)23-24(20-6-8-28-9-7-20)30(27(33)26(23)32)11-10-29-12-14-34-15-13-29/h4-9,16,18,24,31H,10-15,17H2,1-3H3/p+1. The minimum absolute atomic E-state index is 0.105. The van der Waals surface area contributed by atoms with Crippen molar-refractivity contribution in [3.05, 3.63) is 65.0 Å². The quantitative estimate of drug-likeness (QED) is 0.340. The molecular weight excluding hydrogens is 446 g/mol. The van der Waals surface area contributed by atoms with Gasteiger partial charge in [-0.2, -0.15) is 0 Å². The first-order valence-corrected chi connectivity index (χ1v) is 12.2. The molecule has 1 aromatic carbocycles. The van der Waals surface area contributed by atoms with Crippen LogP contribution in [0.4, 0.5) is 0 Å². The number of amides is 1. The molecule has 4 rings (SSSR count). The SMILES string of the molecule is Cc1cc(C(O)=C2C(=O)C(=O)N(CC[NH+]3CCOCC3)C2c2ccncc2)ccc1OCC(C)C. The summed E-state index contributed by atoms with van der Waals surface area (Å²) >= 11 is 0. The minimum Gasteiger partial charge on any atom is -0.507 e. The van der Waals surface area contributed by atoms with Crippen LogP contribution in [0.15, 0.2) is 48.3 Å². The molecular formula is C27H34N3O5+. The minimum atomic E-state index is -0.671. The number of Topliss-reactive ketones (excluding diaryl/α,β-unsaturated/α-hetero) is 1. The smallest absolute Gasteiger partial charge is 0.295 e. The van der Waals surface area contributed by atoms with Crippen molar-refractivity contribution in [1.29, 1.82) is 0 Å². The summed E-state index contributed by atoms with van der Waals surface area (Å²) in [6, 6.07) is 8.22. The second-order valence-electron chi connectivity index (χ2n) is 9.57. The predicted molar refractivity (Wildman–Crippen MR) is 131 cm³/mol. The van der Waals surface area contributed by atoms with Crippen molar-refractivity contribution in [2.24, 2.45) is 5.92 Å². The highest BCUT2D eigenvalue weighted by atomic mass is 16.5. The van der Waals surface area contributed by atoms with E-state index < -0.39 is 17.7 Å². The van der Waals surface area contributed by atoms with Gasteiger partial charge in [0.05, 0.1) is 44.5 Å². The lowest BCUT2D eigenvalue weighted by atomic mass is 9.95. The number of nitrogens with zero attached hydrogens (tertiary/aromatic N) is 2. The Morgan fingerprint density at radius 3 is 2.57 bits per heavy atom. The third-order valence-electron chi connectivity index (χ3n) is 6.49. The number of hydrogen-bond donors (Lipinski definition) is 2. The molecule has 3 heterocycles. The summed E-state index contributed by atoms with van der Waals surface area (Å²) in [6.07, 6.45) is 3.27. The van der Waals surface area contributed by atoms with Gasteiger partial charge in [-0.05, 0) is 54.3 Å². The Kier molecular flexibility index (Phi) is 7.83. The number of aromatic nitrogens is 1. The largest absolute Gasteiger partial charge is 0.507 e. The molecule has 0 radical (unpaired) electrons. The topological polar surface area (TPSA) is 93.4 Å². The lowest BCUT2D eigenvalue weighted by molar-refractivity contribution is -0.907. The van der Waals surface area contributed by atoms with Crippen molar-refractivity contribution in [3.63, 3.8) is 0 Å². The fourth-order valence-electron chi connectivity index (χ4n) is 4.56. The number of hydrogen-bond acceptors (Lipinski definition) is 6. The molecule has 8 heteroatoms. The van der Waals surface area contributed by atoms with E-state index in [-0.39, 0.29) is 11.3 Å². The van der Waals surface area contributed by atoms with Gasteiger partial charge >= 0.3 is 0 Å². The van der Waals surface area contributed by atoms with E-state index in [0.717, 1.165) is 30.0 Å². The van der Waals surface area contributed by atoms with Gasteiger partial charge in [0.25, 0.3) is 11.7 Å². The van der Waals surface area contributed by atoms with Crippen LogP contribution in [0.2, 0.25) is 0 Å². The number of ketones is 1. The van der Waals surface area contributed by atoms with Crippen molar-refractivity contribution in [2.75, 3.05) is 46.0 Å². The number of carbonyl (C=O) groups is 2. The molecule has 0 spiro atoms. The van der Waals surface area contributed by atoms with Crippen molar-refractivity contribution >= 4 is 17.4 Å². The van der Waals surface area contributed by atoms with Crippen LogP contribution < -0.4 is 9.64 Å². The summed E-state index contributed by atoms with van der Waals surface area (Å²) in [5, 5.41) is 11.3. The van der Waals surface area contributed by atoms with Crippen LogP contribution in [0.5, 0.6) is 5.75 Å². The average molecular weight is 481 g/mol. The first-order chi connectivity index (χ1) is 16.9. The molecule has 186 valence electrons. The summed E-state index contributed by atoms with van der Waals surface area (Å²) < 4.78 is 11.3. The maximum atomic E-state index is 13.2. The molecule has 2 saturated heterocycles. The van der Waals surface area contributed by atoms with Crippen LogP contribution in [-0.2, 0) is 14.3 Å². The summed E-state index contributed by atoms with van der Waals surface area (Å²) in [5.74, 6) is -0.313. The number of pyridine rings is 1. The number of benzene rings is 1. The Bertz CT molecular complexity index is 1090. The van der Waals surface area contributed by atoms with E-state index in [1.165, 1.54) is 4.90 Å². The number of nitrogens with one attached hydrogen (secondary N) is 1. The highest BCUT2D eigenvalue weighted by Gasteiger charge is 2.46. The fourth-order valence-corrected chi connectivity index (χ4v) is 4.56. The molecule has 2 aliphatic heterocycles. The number of carbonyl (C=O) groups excluding carboxylic acids is 2. The van der Waals surface area contributed by atoms with E-state index in [9.17, 15) is 14.7 Å². The van der Waals surface area contributed by atoms with Crippen LogP contribution in [0.25, 0.3) is 5.76 Å². The van der Waals surface area contributed by atoms with E-state index in [1.807, 2.05) is 6.92 Å². The molecule has 2 fully saturated rings. The second-order valence-corrected chi connectivity index (χ2v) is 9.57. The number of likely N-dealkylation sites (tertiary alicyclic amines) is 1. The summed E-state index contributed by atoms with van der Waals surface area (Å²) in [5.41, 5.74) is 2.18. The highest BCUT2D eigenvalue weighted by Crippen LogP contribution is 2.39.